The summed E-state index contributed by atoms with van der Waals surface area (Å²) < 4.78 is 49.4. The third-order valence-electron chi connectivity index (χ3n) is 13.2. The van der Waals surface area contributed by atoms with Crippen molar-refractivity contribution < 1.29 is 13.2 Å². The minimum Gasteiger partial charge on any atom is -0.308 e. The zero-order valence-corrected chi connectivity index (χ0v) is 37.9. The van der Waals surface area contributed by atoms with Crippen molar-refractivity contribution in [2.24, 2.45) is 0 Å². The van der Waals surface area contributed by atoms with E-state index in [9.17, 15) is 0 Å². The van der Waals surface area contributed by atoms with Gasteiger partial charge < -0.3 is 9.13 Å². The normalized spacial score (nSPS) is 11.9. The molecule has 0 fully saturated rings. The molecule has 69 heavy (non-hydrogen) atoms. The molecular formula is C61H42F3N5. The van der Waals surface area contributed by atoms with Crippen LogP contribution >= 0.6 is 0 Å². The number of fused-ring (bicyclic) bond motifs is 6. The first-order valence-corrected chi connectivity index (χ1v) is 22.9. The number of aryl methyl sites for hydroxylation is 3. The van der Waals surface area contributed by atoms with Gasteiger partial charge in [0, 0.05) is 38.2 Å². The van der Waals surface area contributed by atoms with Gasteiger partial charge in [0.2, 0.25) is 0 Å². The zero-order valence-electron chi connectivity index (χ0n) is 37.9. The van der Waals surface area contributed by atoms with Crippen LogP contribution in [0, 0.1) is 20.8 Å². The molecule has 0 aliphatic heterocycles. The number of nitrogens with zero attached hydrogens (tertiary/aromatic N) is 5. The molecule has 0 aliphatic carbocycles. The van der Waals surface area contributed by atoms with Gasteiger partial charge >= 0.3 is 6.18 Å². The Hall–Kier alpha value is -8.62. The Bertz CT molecular complexity index is 3990. The van der Waals surface area contributed by atoms with E-state index >= 15 is 13.2 Å². The van der Waals surface area contributed by atoms with Crippen LogP contribution < -0.4 is 0 Å². The summed E-state index contributed by atoms with van der Waals surface area (Å²) in [5, 5.41) is 4.11. The third-order valence-corrected chi connectivity index (χ3v) is 13.2. The van der Waals surface area contributed by atoms with E-state index in [1.165, 1.54) is 11.6 Å². The molecule has 12 aromatic rings. The van der Waals surface area contributed by atoms with Gasteiger partial charge in [-0.1, -0.05) is 162 Å². The molecule has 0 spiro atoms. The fraction of sp³-hybridized carbons (Fsp3) is 0.0656. The second-order valence-corrected chi connectivity index (χ2v) is 17.8. The molecule has 0 bridgehead atoms. The van der Waals surface area contributed by atoms with E-state index in [-0.39, 0.29) is 11.4 Å². The molecule has 0 radical (unpaired) electrons. The Balaban J connectivity index is 1.14. The quantitative estimate of drug-likeness (QED) is 0.160. The predicted molar refractivity (Wildman–Crippen MR) is 275 cm³/mol. The molecule has 0 atom stereocenters. The molecule has 0 N–H and O–H groups in total. The smallest absolute Gasteiger partial charge is 0.308 e. The standard InChI is InChI=1S/C61H42F3N5/c1-37-13-11-17-41(31-37)43-24-27-48-46-19-7-9-21-52(46)68(56(48)34-43)54-29-23-39(3)33-50(54)59-65-58(40-15-5-4-6-16-40)66-60(67-59)51-36-45(61(62,63)64)26-30-55(51)69-53-22-10-8-20-47(53)49-28-25-44(35-57(49)69)42-18-12-14-38(2)32-42/h4-36H,1-3H3. The SMILES string of the molecule is Cc1cccc(-c2ccc3c4ccccc4n(-c4ccc(C)cc4-c4nc(-c5ccccc5)nc(-c5cc(C(F)(F)F)ccc5-n5c6ccccc6c6ccc(-c7cccc(C)c7)cc65)n4)c3c2)c1. The Kier molecular flexibility index (Phi) is 9.88. The van der Waals surface area contributed by atoms with Crippen LogP contribution in [0.1, 0.15) is 22.3 Å². The van der Waals surface area contributed by atoms with Crippen molar-refractivity contribution in [3.05, 3.63) is 222 Å². The summed E-state index contributed by atoms with van der Waals surface area (Å²) >= 11 is 0. The zero-order chi connectivity index (χ0) is 47.0. The molecule has 12 rings (SSSR count). The molecule has 332 valence electrons. The van der Waals surface area contributed by atoms with Gasteiger partial charge in [-0.25, -0.2) is 15.0 Å². The van der Waals surface area contributed by atoms with Gasteiger partial charge in [-0.15, -0.1) is 0 Å². The van der Waals surface area contributed by atoms with E-state index < -0.39 is 11.7 Å². The molecule has 3 heterocycles. The number of benzene rings is 9. The molecule has 0 saturated heterocycles. The van der Waals surface area contributed by atoms with E-state index in [2.05, 4.69) is 134 Å². The summed E-state index contributed by atoms with van der Waals surface area (Å²) in [6.45, 7) is 6.18. The number of rotatable bonds is 7. The average molecular weight is 902 g/mol. The van der Waals surface area contributed by atoms with Gasteiger partial charge in [-0.05, 0) is 97.6 Å². The lowest BCUT2D eigenvalue weighted by Crippen LogP contribution is -2.09. The highest BCUT2D eigenvalue weighted by Gasteiger charge is 2.33. The number of hydrogen-bond donors (Lipinski definition) is 0. The largest absolute Gasteiger partial charge is 0.416 e. The van der Waals surface area contributed by atoms with Gasteiger partial charge in [-0.2, -0.15) is 13.2 Å². The summed E-state index contributed by atoms with van der Waals surface area (Å²) in [5.74, 6) is 0.766. The van der Waals surface area contributed by atoms with Crippen molar-refractivity contribution >= 4 is 43.6 Å². The Morgan fingerprint density at radius 3 is 1.30 bits per heavy atom. The van der Waals surface area contributed by atoms with E-state index in [1.54, 1.807) is 6.07 Å². The summed E-state index contributed by atoms with van der Waals surface area (Å²) in [4.78, 5) is 15.5. The maximum atomic E-state index is 15.0. The van der Waals surface area contributed by atoms with E-state index in [0.29, 0.717) is 28.5 Å². The van der Waals surface area contributed by atoms with Crippen molar-refractivity contribution in [1.82, 2.24) is 24.1 Å². The maximum Gasteiger partial charge on any atom is 0.416 e. The summed E-state index contributed by atoms with van der Waals surface area (Å²) in [6.07, 6.45) is -4.65. The lowest BCUT2D eigenvalue weighted by molar-refractivity contribution is -0.137. The van der Waals surface area contributed by atoms with Crippen molar-refractivity contribution in [3.8, 4) is 67.8 Å². The van der Waals surface area contributed by atoms with Crippen LogP contribution in [0.2, 0.25) is 0 Å². The van der Waals surface area contributed by atoms with Crippen molar-refractivity contribution in [2.75, 3.05) is 0 Å². The number of halogens is 3. The summed E-state index contributed by atoms with van der Waals surface area (Å²) in [5.41, 5.74) is 13.3. The number of alkyl halides is 3. The van der Waals surface area contributed by atoms with Crippen LogP contribution in [-0.4, -0.2) is 24.1 Å². The molecule has 0 unspecified atom stereocenters. The number of para-hydroxylation sites is 2. The maximum absolute atomic E-state index is 15.0. The molecule has 3 aromatic heterocycles. The lowest BCUT2D eigenvalue weighted by Gasteiger charge is -2.18. The number of aromatic nitrogens is 5. The van der Waals surface area contributed by atoms with Crippen molar-refractivity contribution in [1.29, 1.82) is 0 Å². The molecule has 0 aliphatic rings. The Labute approximate surface area is 396 Å². The van der Waals surface area contributed by atoms with E-state index in [0.717, 1.165) is 88.7 Å². The fourth-order valence-corrected chi connectivity index (χ4v) is 9.91. The highest BCUT2D eigenvalue weighted by atomic mass is 19.4. The summed E-state index contributed by atoms with van der Waals surface area (Å²) in [6, 6.07) is 65.7. The first-order chi connectivity index (χ1) is 33.6. The highest BCUT2D eigenvalue weighted by molar-refractivity contribution is 6.12. The molecule has 0 amide bonds. The molecular weight excluding hydrogens is 860 g/mol. The van der Waals surface area contributed by atoms with Crippen LogP contribution in [-0.2, 0) is 6.18 Å². The van der Waals surface area contributed by atoms with Crippen LogP contribution in [0.3, 0.4) is 0 Å². The fourth-order valence-electron chi connectivity index (χ4n) is 9.91. The predicted octanol–water partition coefficient (Wildman–Crippen LogP) is 16.3. The van der Waals surface area contributed by atoms with Gasteiger partial charge in [0.15, 0.2) is 17.5 Å². The summed E-state index contributed by atoms with van der Waals surface area (Å²) in [7, 11) is 0. The van der Waals surface area contributed by atoms with Crippen LogP contribution in [0.4, 0.5) is 13.2 Å². The van der Waals surface area contributed by atoms with Crippen LogP contribution in [0.5, 0.6) is 0 Å². The van der Waals surface area contributed by atoms with Crippen LogP contribution in [0.25, 0.3) is 111 Å². The first-order valence-electron chi connectivity index (χ1n) is 22.9. The van der Waals surface area contributed by atoms with Gasteiger partial charge in [-0.3, -0.25) is 0 Å². The lowest BCUT2D eigenvalue weighted by atomic mass is 10.0. The number of hydrogen-bond acceptors (Lipinski definition) is 3. The van der Waals surface area contributed by atoms with Gasteiger partial charge in [0.05, 0.1) is 39.0 Å². The van der Waals surface area contributed by atoms with Gasteiger partial charge in [0.1, 0.15) is 0 Å². The topological polar surface area (TPSA) is 48.5 Å². The van der Waals surface area contributed by atoms with Gasteiger partial charge in [0.25, 0.3) is 0 Å². The third kappa shape index (κ3) is 7.32. The van der Waals surface area contributed by atoms with Crippen molar-refractivity contribution in [3.63, 3.8) is 0 Å². The molecule has 8 heteroatoms. The van der Waals surface area contributed by atoms with Crippen molar-refractivity contribution in [2.45, 2.75) is 26.9 Å². The van der Waals surface area contributed by atoms with Crippen LogP contribution in [0.15, 0.2) is 200 Å². The molecule has 0 saturated carbocycles. The van der Waals surface area contributed by atoms with E-state index in [1.807, 2.05) is 78.2 Å². The highest BCUT2D eigenvalue weighted by Crippen LogP contribution is 2.42. The molecule has 9 aromatic carbocycles. The Morgan fingerprint density at radius 2 is 0.768 bits per heavy atom. The Morgan fingerprint density at radius 1 is 0.333 bits per heavy atom. The molecule has 5 nitrogen and oxygen atoms in total. The monoisotopic (exact) mass is 901 g/mol. The second kappa shape index (κ2) is 16.3. The second-order valence-electron chi connectivity index (χ2n) is 17.8. The first kappa shape index (κ1) is 41.8. The minimum atomic E-state index is -4.65. The average Bonchev–Trinajstić information content (AvgIpc) is 3.88. The minimum absolute atomic E-state index is 0.108. The van der Waals surface area contributed by atoms with E-state index in [4.69, 9.17) is 15.0 Å².